The van der Waals surface area contributed by atoms with Crippen molar-refractivity contribution < 1.29 is 43.2 Å². The molecule has 3 saturated heterocycles. The molecule has 0 aromatic rings. The Bertz CT molecular complexity index is 1020. The van der Waals surface area contributed by atoms with Gasteiger partial charge in [0, 0.05) is 31.7 Å². The van der Waals surface area contributed by atoms with Gasteiger partial charge in [-0.2, -0.15) is 0 Å². The van der Waals surface area contributed by atoms with Gasteiger partial charge < -0.3 is 50.1 Å². The first kappa shape index (κ1) is 36.6. The van der Waals surface area contributed by atoms with Crippen molar-refractivity contribution in [1.29, 1.82) is 0 Å². The van der Waals surface area contributed by atoms with Crippen LogP contribution in [0.2, 0.25) is 0 Å². The maximum Gasteiger partial charge on any atom is 0.408 e. The van der Waals surface area contributed by atoms with E-state index in [1.807, 2.05) is 39.8 Å². The molecule has 0 aromatic heterocycles. The van der Waals surface area contributed by atoms with Crippen LogP contribution >= 0.6 is 0 Å². The normalized spacial score (nSPS) is 44.7. The summed E-state index contributed by atoms with van der Waals surface area (Å²) in [6.07, 6.45) is -3.38. The van der Waals surface area contributed by atoms with Gasteiger partial charge in [-0.25, -0.2) is 4.79 Å². The molecule has 0 bridgehead atoms. The third kappa shape index (κ3) is 7.56. The van der Waals surface area contributed by atoms with Crippen LogP contribution in [0.15, 0.2) is 0 Å². The summed E-state index contributed by atoms with van der Waals surface area (Å²) in [7, 11) is 5.31. The number of nitrogens with two attached hydrogens (primary N) is 1. The van der Waals surface area contributed by atoms with Gasteiger partial charge in [0.1, 0.15) is 18.1 Å². The Morgan fingerprint density at radius 1 is 1.14 bits per heavy atom. The van der Waals surface area contributed by atoms with Crippen molar-refractivity contribution in [2.24, 2.45) is 23.5 Å². The van der Waals surface area contributed by atoms with Crippen LogP contribution in [0.4, 0.5) is 4.79 Å². The summed E-state index contributed by atoms with van der Waals surface area (Å²) in [5.74, 6) is -3.11. The third-order valence-electron chi connectivity index (χ3n) is 9.98. The van der Waals surface area contributed by atoms with Crippen LogP contribution < -0.4 is 16.4 Å². The Morgan fingerprint density at radius 3 is 2.36 bits per heavy atom. The highest BCUT2D eigenvalue weighted by atomic mass is 16.7. The van der Waals surface area contributed by atoms with Gasteiger partial charge in [0.25, 0.3) is 0 Å². The summed E-state index contributed by atoms with van der Waals surface area (Å²) in [6.45, 7) is 13.5. The Morgan fingerprint density at radius 2 is 1.80 bits per heavy atom. The molecule has 44 heavy (non-hydrogen) atoms. The SMILES string of the molecule is CC[C@H]1OC(=O)C(C)C(=O)[C@H](C)[C@@H](O[C@@H]2O[C@H](CN)C[C@H](N(C)C)[C@H]2O)[C@](C)(OC)C[C@@H](C)CN[C@H](C)[C@H]2NC(=O)O[C@@]21C. The minimum Gasteiger partial charge on any atom is -0.458 e. The van der Waals surface area contributed by atoms with Gasteiger partial charge in [-0.1, -0.05) is 20.8 Å². The predicted molar refractivity (Wildman–Crippen MR) is 163 cm³/mol. The summed E-state index contributed by atoms with van der Waals surface area (Å²) < 4.78 is 30.5. The lowest BCUT2D eigenvalue weighted by Gasteiger charge is -2.47. The number of Topliss-reactive ketones (excluding diaryl/α,β-unsaturated/α-hetero) is 1. The van der Waals surface area contributed by atoms with E-state index in [4.69, 9.17) is 29.4 Å². The Hall–Kier alpha value is -1.87. The third-order valence-corrected chi connectivity index (χ3v) is 9.98. The number of hydrogen-bond donors (Lipinski definition) is 4. The molecule has 1 amide bonds. The molecule has 3 rings (SSSR count). The molecule has 3 aliphatic rings. The summed E-state index contributed by atoms with van der Waals surface area (Å²) >= 11 is 0. The number of carbonyl (C=O) groups is 3. The molecule has 3 heterocycles. The number of carbonyl (C=O) groups excluding carboxylic acids is 3. The fourth-order valence-corrected chi connectivity index (χ4v) is 7.17. The van der Waals surface area contributed by atoms with Crippen molar-refractivity contribution in [3.8, 4) is 0 Å². The number of likely N-dealkylation sites (N-methyl/N-ethyl adjacent to an activating group) is 1. The number of ketones is 1. The molecule has 3 fully saturated rings. The molecule has 13 atom stereocenters. The molecule has 0 spiro atoms. The van der Waals surface area contributed by atoms with Gasteiger partial charge in [-0.3, -0.25) is 9.59 Å². The second-order valence-corrected chi connectivity index (χ2v) is 13.6. The minimum absolute atomic E-state index is 0.0194. The quantitative estimate of drug-likeness (QED) is 0.245. The molecule has 0 aromatic carbocycles. The molecule has 5 N–H and O–H groups in total. The maximum absolute atomic E-state index is 14.0. The van der Waals surface area contributed by atoms with E-state index in [0.29, 0.717) is 25.8 Å². The number of aliphatic hydroxyl groups excluding tert-OH is 1. The number of cyclic esters (lactones) is 1. The fraction of sp³-hybridized carbons (Fsp3) is 0.903. The Labute approximate surface area is 262 Å². The first-order valence-corrected chi connectivity index (χ1v) is 15.9. The molecule has 0 saturated carbocycles. The van der Waals surface area contributed by atoms with Gasteiger partial charge in [0.15, 0.2) is 17.7 Å². The first-order chi connectivity index (χ1) is 20.5. The van der Waals surface area contributed by atoms with E-state index in [-0.39, 0.29) is 30.7 Å². The van der Waals surface area contributed by atoms with E-state index in [0.717, 1.165) is 0 Å². The largest absolute Gasteiger partial charge is 0.458 e. The monoisotopic (exact) mass is 628 g/mol. The van der Waals surface area contributed by atoms with Gasteiger partial charge in [-0.15, -0.1) is 0 Å². The molecular weight excluding hydrogens is 572 g/mol. The topological polar surface area (TPSA) is 171 Å². The highest BCUT2D eigenvalue weighted by Crippen LogP contribution is 2.37. The molecular formula is C31H56N4O9. The van der Waals surface area contributed by atoms with E-state index in [1.54, 1.807) is 21.0 Å². The number of hydrogen-bond acceptors (Lipinski definition) is 12. The van der Waals surface area contributed by atoms with Crippen molar-refractivity contribution in [3.05, 3.63) is 0 Å². The van der Waals surface area contributed by atoms with Crippen molar-refractivity contribution in [2.45, 2.75) is 128 Å². The van der Waals surface area contributed by atoms with Crippen molar-refractivity contribution in [1.82, 2.24) is 15.5 Å². The highest BCUT2D eigenvalue weighted by Gasteiger charge is 2.55. The highest BCUT2D eigenvalue weighted by molar-refractivity contribution is 6.00. The second kappa shape index (κ2) is 14.7. The first-order valence-electron chi connectivity index (χ1n) is 15.9. The van der Waals surface area contributed by atoms with Gasteiger partial charge >= 0.3 is 12.1 Å². The number of aliphatic hydroxyl groups is 1. The zero-order valence-corrected chi connectivity index (χ0v) is 28.1. The van der Waals surface area contributed by atoms with Gasteiger partial charge in [0.2, 0.25) is 0 Å². The number of alkyl carbamates (subject to hydrolysis) is 1. The lowest BCUT2D eigenvalue weighted by molar-refractivity contribution is -0.296. The van der Waals surface area contributed by atoms with Crippen LogP contribution in [-0.4, -0.2) is 122 Å². The zero-order valence-electron chi connectivity index (χ0n) is 28.1. The van der Waals surface area contributed by atoms with E-state index in [1.165, 1.54) is 6.92 Å². The van der Waals surface area contributed by atoms with E-state index >= 15 is 0 Å². The second-order valence-electron chi connectivity index (χ2n) is 13.6. The van der Waals surface area contributed by atoms with Gasteiger partial charge in [0.05, 0.1) is 23.9 Å². The number of nitrogens with one attached hydrogen (secondary N) is 2. The van der Waals surface area contributed by atoms with Crippen molar-refractivity contribution in [3.63, 3.8) is 0 Å². The molecule has 0 aliphatic carbocycles. The van der Waals surface area contributed by atoms with Crippen LogP contribution in [0.5, 0.6) is 0 Å². The number of nitrogens with zero attached hydrogens (tertiary/aromatic N) is 1. The Balaban J connectivity index is 2.03. The fourth-order valence-electron chi connectivity index (χ4n) is 7.17. The van der Waals surface area contributed by atoms with E-state index in [2.05, 4.69) is 17.6 Å². The molecule has 13 nitrogen and oxygen atoms in total. The predicted octanol–water partition coefficient (Wildman–Crippen LogP) is 1.19. The van der Waals surface area contributed by atoms with Crippen LogP contribution in [-0.2, 0) is 33.3 Å². The van der Waals surface area contributed by atoms with Crippen LogP contribution in [0.25, 0.3) is 0 Å². The molecule has 0 radical (unpaired) electrons. The molecule has 1 unspecified atom stereocenters. The minimum atomic E-state index is -1.16. The summed E-state index contributed by atoms with van der Waals surface area (Å²) in [5.41, 5.74) is 3.79. The summed E-state index contributed by atoms with van der Waals surface area (Å²) in [4.78, 5) is 41.9. The standard InChI is InChI=1S/C31H56N4O9/c1-11-22-31(7)25(34-29(39)44-31)19(5)33-15-16(2)13-30(6,40-10)26(17(3)23(36)18(4)27(38)42-22)43-28-24(37)21(35(8)9)12-20(14-32)41-28/h16-22,24-26,28,33,37H,11-15,32H2,1-10H3,(H,34,39)/t16-,17+,18?,19-,20+,21+,22-,24-,25-,26-,28+,30-,31-/m1/s1. The molecule has 254 valence electrons. The van der Waals surface area contributed by atoms with Crippen LogP contribution in [0.3, 0.4) is 0 Å². The Kier molecular flexibility index (Phi) is 12.2. The molecule has 3 aliphatic heterocycles. The average Bonchev–Trinajstić information content (AvgIpc) is 3.30. The van der Waals surface area contributed by atoms with Crippen LogP contribution in [0, 0.1) is 17.8 Å². The van der Waals surface area contributed by atoms with Crippen molar-refractivity contribution in [2.75, 3.05) is 34.3 Å². The maximum atomic E-state index is 14.0. The summed E-state index contributed by atoms with van der Waals surface area (Å²) in [6, 6.07) is -1.02. The number of fused-ring (bicyclic) bond motifs is 1. The van der Waals surface area contributed by atoms with Gasteiger partial charge in [-0.05, 0) is 73.5 Å². The average molecular weight is 629 g/mol. The number of methoxy groups -OCH3 is 1. The smallest absolute Gasteiger partial charge is 0.408 e. The lowest BCUT2D eigenvalue weighted by atomic mass is 9.78. The number of ether oxygens (including phenoxy) is 5. The summed E-state index contributed by atoms with van der Waals surface area (Å²) in [5, 5.41) is 17.7. The van der Waals surface area contributed by atoms with E-state index in [9.17, 15) is 19.5 Å². The number of esters is 1. The molecule has 13 heteroatoms. The number of amides is 1. The van der Waals surface area contributed by atoms with Crippen LogP contribution in [0.1, 0.15) is 67.7 Å². The number of rotatable bonds is 6. The zero-order chi connectivity index (χ0) is 33.1. The van der Waals surface area contributed by atoms with E-state index < -0.39 is 71.5 Å². The lowest BCUT2D eigenvalue weighted by Crippen LogP contribution is -2.60. The van der Waals surface area contributed by atoms with Crippen molar-refractivity contribution >= 4 is 17.8 Å².